The third-order valence-corrected chi connectivity index (χ3v) is 2.14. The van der Waals surface area contributed by atoms with Crippen molar-refractivity contribution in [2.45, 2.75) is 6.92 Å². The van der Waals surface area contributed by atoms with Gasteiger partial charge < -0.3 is 10.3 Å². The summed E-state index contributed by atoms with van der Waals surface area (Å²) in [6.45, 7) is 1.78. The molecule has 0 radical (unpaired) electrons. The summed E-state index contributed by atoms with van der Waals surface area (Å²) in [5.41, 5.74) is 5.96. The summed E-state index contributed by atoms with van der Waals surface area (Å²) in [6.07, 6.45) is 1.63. The Labute approximate surface area is 100 Å². The summed E-state index contributed by atoms with van der Waals surface area (Å²) in [6, 6.07) is 1.69. The van der Waals surface area contributed by atoms with E-state index < -0.39 is 0 Å². The van der Waals surface area contributed by atoms with E-state index in [0.29, 0.717) is 23.2 Å². The first-order valence-corrected chi connectivity index (χ1v) is 5.04. The number of aromatic nitrogens is 7. The number of hydrogen-bond acceptors (Lipinski definition) is 8. The van der Waals surface area contributed by atoms with Gasteiger partial charge in [0.2, 0.25) is 17.6 Å². The lowest BCUT2D eigenvalue weighted by Gasteiger charge is -1.93. The number of nitrogen functional groups attached to an aromatic ring is 1. The minimum atomic E-state index is 0.114. The molecule has 3 aromatic heterocycles. The van der Waals surface area contributed by atoms with E-state index in [4.69, 9.17) is 10.3 Å². The minimum absolute atomic E-state index is 0.114. The lowest BCUT2D eigenvalue weighted by Crippen LogP contribution is -1.91. The second-order valence-electron chi connectivity index (χ2n) is 3.45. The van der Waals surface area contributed by atoms with Crippen LogP contribution in [0.15, 0.2) is 16.8 Å². The van der Waals surface area contributed by atoms with Gasteiger partial charge in [0.05, 0.1) is 0 Å². The maximum absolute atomic E-state index is 5.39. The Kier molecular flexibility index (Phi) is 2.22. The van der Waals surface area contributed by atoms with E-state index in [9.17, 15) is 0 Å². The first kappa shape index (κ1) is 10.3. The van der Waals surface area contributed by atoms with Crippen LogP contribution in [0.3, 0.4) is 0 Å². The monoisotopic (exact) mass is 244 g/mol. The Hall–Kier alpha value is -2.84. The summed E-state index contributed by atoms with van der Waals surface area (Å²) in [7, 11) is 0. The molecular weight excluding hydrogens is 236 g/mol. The smallest absolute Gasteiger partial charge is 0.295 e. The molecule has 0 unspecified atom stereocenters. The van der Waals surface area contributed by atoms with Gasteiger partial charge in [0.15, 0.2) is 0 Å². The normalized spacial score (nSPS) is 10.7. The molecule has 0 spiro atoms. The fraction of sp³-hybridized carbons (Fsp3) is 0.111. The molecular formula is C9H8N8O. The molecule has 0 bridgehead atoms. The quantitative estimate of drug-likeness (QED) is 0.653. The van der Waals surface area contributed by atoms with E-state index in [1.165, 1.54) is 0 Å². The number of hydrogen-bond donors (Lipinski definition) is 2. The average molecular weight is 244 g/mol. The molecule has 0 saturated heterocycles. The van der Waals surface area contributed by atoms with E-state index in [-0.39, 0.29) is 11.8 Å². The number of H-pyrrole nitrogens is 1. The molecule has 0 amide bonds. The van der Waals surface area contributed by atoms with Crippen LogP contribution in [0.25, 0.3) is 23.2 Å². The maximum Gasteiger partial charge on any atom is 0.295 e. The summed E-state index contributed by atoms with van der Waals surface area (Å²) < 4.78 is 5.05. The van der Waals surface area contributed by atoms with Crippen molar-refractivity contribution in [2.24, 2.45) is 0 Å². The number of aryl methyl sites for hydroxylation is 1. The summed E-state index contributed by atoms with van der Waals surface area (Å²) >= 11 is 0. The molecule has 0 aliphatic rings. The van der Waals surface area contributed by atoms with E-state index in [1.54, 1.807) is 19.2 Å². The molecule has 90 valence electrons. The molecule has 3 N–H and O–H groups in total. The van der Waals surface area contributed by atoms with E-state index in [0.717, 1.165) is 0 Å². The first-order valence-electron chi connectivity index (χ1n) is 5.04. The highest BCUT2D eigenvalue weighted by Gasteiger charge is 2.14. The molecule has 9 heteroatoms. The van der Waals surface area contributed by atoms with Crippen molar-refractivity contribution in [3.63, 3.8) is 0 Å². The second kappa shape index (κ2) is 3.87. The molecule has 3 rings (SSSR count). The number of rotatable bonds is 2. The van der Waals surface area contributed by atoms with Gasteiger partial charge in [-0.2, -0.15) is 9.97 Å². The summed E-state index contributed by atoms with van der Waals surface area (Å²) in [4.78, 5) is 16.2. The molecule has 0 aromatic carbocycles. The van der Waals surface area contributed by atoms with Crippen molar-refractivity contribution in [3.8, 4) is 23.2 Å². The SMILES string of the molecule is Cc1nccc(-c2noc(-c3nc(N)n[nH]3)n2)n1. The average Bonchev–Trinajstić information content (AvgIpc) is 2.97. The summed E-state index contributed by atoms with van der Waals surface area (Å²) in [5, 5.41) is 10.1. The van der Waals surface area contributed by atoms with Crippen molar-refractivity contribution in [1.29, 1.82) is 0 Å². The number of nitrogens with two attached hydrogens (primary N) is 1. The third kappa shape index (κ3) is 1.77. The largest absolute Gasteiger partial charge is 0.366 e. The van der Waals surface area contributed by atoms with Gasteiger partial charge >= 0.3 is 0 Å². The van der Waals surface area contributed by atoms with Crippen molar-refractivity contribution in [1.82, 2.24) is 35.3 Å². The van der Waals surface area contributed by atoms with E-state index >= 15 is 0 Å². The highest BCUT2D eigenvalue weighted by Crippen LogP contribution is 2.17. The number of nitrogens with zero attached hydrogens (tertiary/aromatic N) is 6. The second-order valence-corrected chi connectivity index (χ2v) is 3.45. The van der Waals surface area contributed by atoms with Gasteiger partial charge in [0.25, 0.3) is 5.89 Å². The van der Waals surface area contributed by atoms with Crippen molar-refractivity contribution in [3.05, 3.63) is 18.1 Å². The molecule has 0 saturated carbocycles. The van der Waals surface area contributed by atoms with Crippen LogP contribution in [0.2, 0.25) is 0 Å². The Morgan fingerprint density at radius 2 is 2.17 bits per heavy atom. The van der Waals surface area contributed by atoms with Gasteiger partial charge in [-0.3, -0.25) is 5.10 Å². The molecule has 0 fully saturated rings. The third-order valence-electron chi connectivity index (χ3n) is 2.14. The fourth-order valence-electron chi connectivity index (χ4n) is 1.37. The predicted octanol–water partition coefficient (Wildman–Crippen LogP) is 0.202. The fourth-order valence-corrected chi connectivity index (χ4v) is 1.37. The zero-order valence-corrected chi connectivity index (χ0v) is 9.32. The van der Waals surface area contributed by atoms with E-state index in [1.807, 2.05) is 0 Å². The van der Waals surface area contributed by atoms with Gasteiger partial charge in [0, 0.05) is 6.20 Å². The molecule has 0 aliphatic heterocycles. The lowest BCUT2D eigenvalue weighted by atomic mass is 10.4. The topological polar surface area (TPSA) is 132 Å². The Morgan fingerprint density at radius 1 is 1.28 bits per heavy atom. The predicted molar refractivity (Wildman–Crippen MR) is 59.9 cm³/mol. The maximum atomic E-state index is 5.39. The van der Waals surface area contributed by atoms with Gasteiger partial charge in [0.1, 0.15) is 11.5 Å². The zero-order valence-electron chi connectivity index (χ0n) is 9.32. The molecule has 3 aromatic rings. The van der Waals surface area contributed by atoms with Crippen molar-refractivity contribution >= 4 is 5.95 Å². The highest BCUT2D eigenvalue weighted by molar-refractivity contribution is 5.52. The summed E-state index contributed by atoms with van der Waals surface area (Å²) in [5.74, 6) is 1.61. The van der Waals surface area contributed by atoms with Gasteiger partial charge in [-0.05, 0) is 13.0 Å². The first-order chi connectivity index (χ1) is 8.72. The molecule has 0 atom stereocenters. The minimum Gasteiger partial charge on any atom is -0.366 e. The van der Waals surface area contributed by atoms with E-state index in [2.05, 4.69) is 35.3 Å². The van der Waals surface area contributed by atoms with Gasteiger partial charge in [-0.1, -0.05) is 5.16 Å². The van der Waals surface area contributed by atoms with Gasteiger partial charge in [-0.15, -0.1) is 5.10 Å². The standard InChI is InChI=1S/C9H8N8O/c1-4-11-3-2-5(12-4)6-13-8(18-17-6)7-14-9(10)16-15-7/h2-3H,1H3,(H3,10,14,15,16). The Balaban J connectivity index is 1.99. The Bertz CT molecular complexity index is 687. The van der Waals surface area contributed by atoms with Crippen LogP contribution in [-0.4, -0.2) is 35.3 Å². The van der Waals surface area contributed by atoms with Crippen LogP contribution in [0.5, 0.6) is 0 Å². The highest BCUT2D eigenvalue weighted by atomic mass is 16.5. The van der Waals surface area contributed by atoms with Crippen LogP contribution in [0, 0.1) is 6.92 Å². The van der Waals surface area contributed by atoms with Gasteiger partial charge in [-0.25, -0.2) is 9.97 Å². The lowest BCUT2D eigenvalue weighted by molar-refractivity contribution is 0.429. The Morgan fingerprint density at radius 3 is 2.89 bits per heavy atom. The van der Waals surface area contributed by atoms with Crippen LogP contribution < -0.4 is 5.73 Å². The number of nitrogens with one attached hydrogen (secondary N) is 1. The van der Waals surface area contributed by atoms with Crippen LogP contribution in [-0.2, 0) is 0 Å². The molecule has 0 aliphatic carbocycles. The van der Waals surface area contributed by atoms with Crippen molar-refractivity contribution in [2.75, 3.05) is 5.73 Å². The van der Waals surface area contributed by atoms with Crippen LogP contribution in [0.1, 0.15) is 5.82 Å². The van der Waals surface area contributed by atoms with Crippen LogP contribution >= 0.6 is 0 Å². The molecule has 18 heavy (non-hydrogen) atoms. The van der Waals surface area contributed by atoms with Crippen LogP contribution in [0.4, 0.5) is 5.95 Å². The van der Waals surface area contributed by atoms with Crippen molar-refractivity contribution < 1.29 is 4.52 Å². The number of aromatic amines is 1. The molecule has 9 nitrogen and oxygen atoms in total. The number of anilines is 1. The zero-order chi connectivity index (χ0) is 12.5. The molecule has 3 heterocycles.